The molecule has 1 amide bonds. The quantitative estimate of drug-likeness (QED) is 0.287. The smallest absolute Gasteiger partial charge is 0.341 e. The lowest BCUT2D eigenvalue weighted by atomic mass is 10.2. The maximum atomic E-state index is 12.7. The number of hydrogen-bond donors (Lipinski definition) is 1. The summed E-state index contributed by atoms with van der Waals surface area (Å²) in [6.45, 7) is -0.0376. The maximum absolute atomic E-state index is 12.7. The summed E-state index contributed by atoms with van der Waals surface area (Å²) in [7, 11) is 0. The van der Waals surface area contributed by atoms with Gasteiger partial charge in [-0.1, -0.05) is 47.3 Å². The molecule has 0 fully saturated rings. The molecule has 176 valence electrons. The van der Waals surface area contributed by atoms with Gasteiger partial charge < -0.3 is 24.1 Å². The largest absolute Gasteiger partial charge is 0.454 e. The average molecular weight is 490 g/mol. The molecule has 0 bridgehead atoms. The summed E-state index contributed by atoms with van der Waals surface area (Å²) in [4.78, 5) is 33.6. The van der Waals surface area contributed by atoms with E-state index in [1.54, 1.807) is 36.5 Å². The summed E-state index contributed by atoms with van der Waals surface area (Å²) in [5.74, 6) is 0.930. The van der Waals surface area contributed by atoms with Crippen LogP contribution in [0.3, 0.4) is 0 Å². The number of carbonyl (C=O) groups excluding carboxylic acids is 2. The van der Waals surface area contributed by atoms with Crippen LogP contribution in [0.2, 0.25) is 0 Å². The topological polar surface area (TPSA) is 126 Å². The molecule has 4 aromatic rings. The predicted octanol–water partition coefficient (Wildman–Crippen LogP) is 3.95. The van der Waals surface area contributed by atoms with E-state index in [0.717, 1.165) is 17.3 Å². The first kappa shape index (κ1) is 22.4. The van der Waals surface area contributed by atoms with Crippen LogP contribution in [0.5, 0.6) is 11.5 Å². The highest BCUT2D eigenvalue weighted by molar-refractivity contribution is 8.00. The van der Waals surface area contributed by atoms with Gasteiger partial charge in [0.1, 0.15) is 5.03 Å². The zero-order chi connectivity index (χ0) is 24.0. The van der Waals surface area contributed by atoms with Crippen molar-refractivity contribution in [2.24, 2.45) is 0 Å². The van der Waals surface area contributed by atoms with E-state index in [0.29, 0.717) is 28.0 Å². The predicted molar refractivity (Wildman–Crippen MR) is 125 cm³/mol. The van der Waals surface area contributed by atoms with Crippen LogP contribution in [0.25, 0.3) is 11.4 Å². The monoisotopic (exact) mass is 490 g/mol. The minimum Gasteiger partial charge on any atom is -0.454 e. The van der Waals surface area contributed by atoms with Gasteiger partial charge in [0.2, 0.25) is 18.5 Å². The number of fused-ring (bicyclic) bond motifs is 1. The summed E-state index contributed by atoms with van der Waals surface area (Å²) in [5.41, 5.74) is 1.60. The van der Waals surface area contributed by atoms with Gasteiger partial charge in [-0.05, 0) is 24.3 Å². The second-order valence-electron chi connectivity index (χ2n) is 7.21. The number of nitrogens with zero attached hydrogens (tertiary/aromatic N) is 3. The van der Waals surface area contributed by atoms with Crippen molar-refractivity contribution in [2.75, 3.05) is 17.9 Å². The molecule has 0 saturated heterocycles. The Morgan fingerprint density at radius 3 is 2.77 bits per heavy atom. The van der Waals surface area contributed by atoms with E-state index >= 15 is 0 Å². The zero-order valence-corrected chi connectivity index (χ0v) is 19.0. The Balaban J connectivity index is 1.17. The first-order valence-electron chi connectivity index (χ1n) is 10.5. The molecule has 1 aliphatic heterocycles. The fraction of sp³-hybridized carbons (Fsp3) is 0.125. The van der Waals surface area contributed by atoms with Crippen molar-refractivity contribution in [3.63, 3.8) is 0 Å². The second kappa shape index (κ2) is 10.3. The van der Waals surface area contributed by atoms with Crippen molar-refractivity contribution in [1.29, 1.82) is 0 Å². The maximum Gasteiger partial charge on any atom is 0.341 e. The van der Waals surface area contributed by atoms with Gasteiger partial charge in [-0.15, -0.1) is 0 Å². The number of esters is 1. The number of carbonyl (C=O) groups is 2. The molecule has 11 heteroatoms. The van der Waals surface area contributed by atoms with Crippen molar-refractivity contribution < 1.29 is 28.3 Å². The van der Waals surface area contributed by atoms with Gasteiger partial charge in [0.25, 0.3) is 5.89 Å². The lowest BCUT2D eigenvalue weighted by Crippen LogP contribution is -2.15. The van der Waals surface area contributed by atoms with E-state index in [4.69, 9.17) is 18.7 Å². The molecule has 0 radical (unpaired) electrons. The van der Waals surface area contributed by atoms with Gasteiger partial charge in [-0.25, -0.2) is 9.78 Å². The number of pyridine rings is 1. The van der Waals surface area contributed by atoms with Gasteiger partial charge in [0.05, 0.1) is 11.3 Å². The third-order valence-corrected chi connectivity index (χ3v) is 5.82. The van der Waals surface area contributed by atoms with E-state index in [1.807, 2.05) is 30.3 Å². The number of aromatic nitrogens is 3. The van der Waals surface area contributed by atoms with Crippen molar-refractivity contribution >= 4 is 29.3 Å². The summed E-state index contributed by atoms with van der Waals surface area (Å²) in [5, 5.41) is 7.06. The third-order valence-electron chi connectivity index (χ3n) is 4.81. The van der Waals surface area contributed by atoms with Crippen molar-refractivity contribution in [2.45, 2.75) is 11.6 Å². The highest BCUT2D eigenvalue weighted by atomic mass is 32.2. The molecule has 2 aromatic heterocycles. The number of ether oxygens (including phenoxy) is 3. The van der Waals surface area contributed by atoms with Gasteiger partial charge in [-0.3, -0.25) is 4.79 Å². The van der Waals surface area contributed by atoms with Crippen LogP contribution in [0, 0.1) is 0 Å². The van der Waals surface area contributed by atoms with Crippen LogP contribution in [0.1, 0.15) is 16.2 Å². The normalized spacial score (nSPS) is 11.8. The molecule has 2 aromatic carbocycles. The molecular formula is C24H18N4O6S. The molecule has 35 heavy (non-hydrogen) atoms. The number of rotatable bonds is 8. The van der Waals surface area contributed by atoms with E-state index < -0.39 is 5.97 Å². The summed E-state index contributed by atoms with van der Waals surface area (Å²) in [6, 6.07) is 17.6. The zero-order valence-electron chi connectivity index (χ0n) is 18.2. The molecule has 0 unspecified atom stereocenters. The average Bonchev–Trinajstić information content (AvgIpc) is 3.56. The van der Waals surface area contributed by atoms with E-state index in [9.17, 15) is 9.59 Å². The Morgan fingerprint density at radius 2 is 1.89 bits per heavy atom. The third kappa shape index (κ3) is 5.41. The molecule has 5 rings (SSSR count). The minimum absolute atomic E-state index is 0.0375. The number of benzene rings is 2. The fourth-order valence-corrected chi connectivity index (χ4v) is 3.97. The van der Waals surface area contributed by atoms with E-state index in [1.165, 1.54) is 0 Å². The standard InChI is InChI=1S/C24H18N4O6S/c29-20(26-16-8-9-18-19(11-16)33-14-32-18)13-35-23-17(7-4-10-25-23)24(30)31-12-21-27-22(28-34-21)15-5-2-1-3-6-15/h1-11H,12-14H2,(H,26,29). The molecule has 3 heterocycles. The first-order chi connectivity index (χ1) is 17.2. The SMILES string of the molecule is O=C(CSc1ncccc1C(=O)OCc1nc(-c2ccccc2)no1)Nc1ccc2c(c1)OCO2. The Bertz CT molecular complexity index is 1360. The van der Waals surface area contributed by atoms with Crippen molar-refractivity contribution in [3.05, 3.63) is 78.3 Å². The second-order valence-corrected chi connectivity index (χ2v) is 8.18. The lowest BCUT2D eigenvalue weighted by Gasteiger charge is -2.08. The van der Waals surface area contributed by atoms with Crippen molar-refractivity contribution in [1.82, 2.24) is 15.1 Å². The first-order valence-corrected chi connectivity index (χ1v) is 11.5. The summed E-state index contributed by atoms with van der Waals surface area (Å²) < 4.78 is 21.1. The number of nitrogens with one attached hydrogen (secondary N) is 1. The van der Waals surface area contributed by atoms with Crippen LogP contribution in [0.15, 0.2) is 76.4 Å². The number of anilines is 1. The molecule has 1 N–H and O–H groups in total. The van der Waals surface area contributed by atoms with Gasteiger partial charge in [0.15, 0.2) is 18.1 Å². The molecule has 0 atom stereocenters. The van der Waals surface area contributed by atoms with Gasteiger partial charge in [0, 0.05) is 23.5 Å². The summed E-state index contributed by atoms with van der Waals surface area (Å²) >= 11 is 1.12. The lowest BCUT2D eigenvalue weighted by molar-refractivity contribution is -0.113. The van der Waals surface area contributed by atoms with Crippen molar-refractivity contribution in [3.8, 4) is 22.9 Å². The molecular weight excluding hydrogens is 472 g/mol. The van der Waals surface area contributed by atoms with Gasteiger partial charge in [-0.2, -0.15) is 4.98 Å². The van der Waals surface area contributed by atoms with Crippen LogP contribution in [-0.4, -0.2) is 39.5 Å². The molecule has 1 aliphatic rings. The van der Waals surface area contributed by atoms with Crippen LogP contribution in [-0.2, 0) is 16.1 Å². The van der Waals surface area contributed by atoms with E-state index in [2.05, 4.69) is 20.4 Å². The number of amides is 1. The highest BCUT2D eigenvalue weighted by Gasteiger charge is 2.18. The molecule has 10 nitrogen and oxygen atoms in total. The van der Waals surface area contributed by atoms with E-state index in [-0.39, 0.29) is 36.5 Å². The Kier molecular flexibility index (Phi) is 6.57. The molecule has 0 spiro atoms. The fourth-order valence-electron chi connectivity index (χ4n) is 3.19. The number of hydrogen-bond acceptors (Lipinski definition) is 10. The van der Waals surface area contributed by atoms with Crippen LogP contribution in [0.4, 0.5) is 5.69 Å². The summed E-state index contributed by atoms with van der Waals surface area (Å²) in [6.07, 6.45) is 1.54. The molecule has 0 aliphatic carbocycles. The highest BCUT2D eigenvalue weighted by Crippen LogP contribution is 2.34. The minimum atomic E-state index is -0.615. The van der Waals surface area contributed by atoms with Crippen LogP contribution < -0.4 is 14.8 Å². The number of thioether (sulfide) groups is 1. The Labute approximate surface area is 203 Å². The molecule has 0 saturated carbocycles. The Morgan fingerprint density at radius 1 is 1.03 bits per heavy atom. The van der Waals surface area contributed by atoms with Gasteiger partial charge >= 0.3 is 5.97 Å². The van der Waals surface area contributed by atoms with Crippen LogP contribution >= 0.6 is 11.8 Å². The Hall–Kier alpha value is -4.38.